The average Bonchev–Trinajstić information content (AvgIpc) is 2.49. The molecular formula is C14H11N5O2. The molecule has 104 valence electrons. The Morgan fingerprint density at radius 3 is 2.86 bits per heavy atom. The predicted molar refractivity (Wildman–Crippen MR) is 79.0 cm³/mol. The third-order valence-electron chi connectivity index (χ3n) is 2.91. The van der Waals surface area contributed by atoms with Crippen LogP contribution in [0.2, 0.25) is 0 Å². The van der Waals surface area contributed by atoms with Crippen molar-refractivity contribution < 1.29 is 4.79 Å². The summed E-state index contributed by atoms with van der Waals surface area (Å²) >= 11 is 0. The molecule has 1 amide bonds. The molecule has 0 spiro atoms. The average molecular weight is 281 g/mol. The van der Waals surface area contributed by atoms with Gasteiger partial charge in [0.2, 0.25) is 5.43 Å². The lowest BCUT2D eigenvalue weighted by Gasteiger charge is -2.04. The lowest BCUT2D eigenvalue weighted by Crippen LogP contribution is -2.24. The van der Waals surface area contributed by atoms with Crippen LogP contribution in [-0.2, 0) is 0 Å². The number of carbonyl (C=O) groups excluding carboxylic acids is 1. The van der Waals surface area contributed by atoms with Crippen molar-refractivity contribution in [2.24, 2.45) is 0 Å². The second-order valence-corrected chi connectivity index (χ2v) is 4.38. The topological polar surface area (TPSA) is 114 Å². The number of aromatic amines is 1. The third-order valence-corrected chi connectivity index (χ3v) is 2.91. The number of amides is 1. The van der Waals surface area contributed by atoms with Gasteiger partial charge in [0.25, 0.3) is 5.91 Å². The minimum absolute atomic E-state index is 0.237. The number of aromatic nitrogens is 3. The number of rotatable bonds is 2. The first kappa shape index (κ1) is 12.8. The molecule has 2 aromatic heterocycles. The van der Waals surface area contributed by atoms with Gasteiger partial charge in [-0.1, -0.05) is 6.07 Å². The van der Waals surface area contributed by atoms with Crippen molar-refractivity contribution in [2.75, 3.05) is 11.1 Å². The van der Waals surface area contributed by atoms with Crippen molar-refractivity contribution in [3.63, 3.8) is 0 Å². The summed E-state index contributed by atoms with van der Waals surface area (Å²) < 4.78 is 0. The van der Waals surface area contributed by atoms with Crippen molar-refractivity contribution in [2.45, 2.75) is 0 Å². The van der Waals surface area contributed by atoms with Crippen LogP contribution in [0.25, 0.3) is 10.9 Å². The molecule has 0 radical (unpaired) electrons. The third kappa shape index (κ3) is 2.44. The van der Waals surface area contributed by atoms with Crippen LogP contribution in [-0.4, -0.2) is 21.1 Å². The fourth-order valence-corrected chi connectivity index (χ4v) is 1.91. The van der Waals surface area contributed by atoms with E-state index >= 15 is 0 Å². The van der Waals surface area contributed by atoms with Crippen LogP contribution in [0.5, 0.6) is 0 Å². The van der Waals surface area contributed by atoms with E-state index in [1.54, 1.807) is 30.3 Å². The zero-order valence-corrected chi connectivity index (χ0v) is 10.8. The number of nitrogen functional groups attached to an aromatic ring is 1. The first-order valence-electron chi connectivity index (χ1n) is 6.15. The van der Waals surface area contributed by atoms with Gasteiger partial charge in [-0.3, -0.25) is 14.7 Å². The van der Waals surface area contributed by atoms with Crippen LogP contribution >= 0.6 is 0 Å². The summed E-state index contributed by atoms with van der Waals surface area (Å²) in [6.07, 6.45) is 1.54. The lowest BCUT2D eigenvalue weighted by molar-refractivity contribution is 0.102. The number of anilines is 2. The molecule has 0 aliphatic heterocycles. The van der Waals surface area contributed by atoms with E-state index in [4.69, 9.17) is 5.73 Å². The van der Waals surface area contributed by atoms with Crippen LogP contribution in [0, 0.1) is 0 Å². The Labute approximate surface area is 118 Å². The Balaban J connectivity index is 2.02. The van der Waals surface area contributed by atoms with Gasteiger partial charge in [-0.15, -0.1) is 0 Å². The highest BCUT2D eigenvalue weighted by atomic mass is 16.2. The first-order chi connectivity index (χ1) is 10.1. The number of fused-ring (bicyclic) bond motifs is 1. The Kier molecular flexibility index (Phi) is 3.07. The van der Waals surface area contributed by atoms with E-state index in [0.29, 0.717) is 22.4 Å². The number of hydrogen-bond donors (Lipinski definition) is 3. The van der Waals surface area contributed by atoms with E-state index < -0.39 is 11.3 Å². The zero-order valence-electron chi connectivity index (χ0n) is 10.8. The Bertz CT molecular complexity index is 873. The van der Waals surface area contributed by atoms with Gasteiger partial charge in [-0.05, 0) is 30.3 Å². The summed E-state index contributed by atoms with van der Waals surface area (Å²) in [5.41, 5.74) is 5.90. The molecule has 0 fully saturated rings. The monoisotopic (exact) mass is 281 g/mol. The van der Waals surface area contributed by atoms with E-state index in [0.717, 1.165) is 0 Å². The summed E-state index contributed by atoms with van der Waals surface area (Å²) in [6, 6.07) is 9.85. The molecule has 0 saturated heterocycles. The second-order valence-electron chi connectivity index (χ2n) is 4.38. The number of benzene rings is 1. The van der Waals surface area contributed by atoms with Crippen molar-refractivity contribution in [3.05, 3.63) is 58.5 Å². The van der Waals surface area contributed by atoms with Gasteiger partial charge in [-0.25, -0.2) is 4.98 Å². The molecule has 21 heavy (non-hydrogen) atoms. The number of nitrogens with one attached hydrogen (secondary N) is 2. The van der Waals surface area contributed by atoms with Crippen LogP contribution in [0.15, 0.2) is 47.4 Å². The number of pyridine rings is 1. The highest BCUT2D eigenvalue weighted by Crippen LogP contribution is 2.11. The maximum atomic E-state index is 12.3. The minimum Gasteiger partial charge on any atom is -0.399 e. The fraction of sp³-hybridized carbons (Fsp3) is 0. The number of carbonyl (C=O) groups is 1. The molecule has 0 bridgehead atoms. The molecule has 7 heteroatoms. The van der Waals surface area contributed by atoms with E-state index in [1.807, 2.05) is 0 Å². The van der Waals surface area contributed by atoms with Crippen molar-refractivity contribution >= 4 is 28.3 Å². The number of nitrogens with two attached hydrogens (primary N) is 1. The zero-order chi connectivity index (χ0) is 14.8. The van der Waals surface area contributed by atoms with Gasteiger partial charge in [0, 0.05) is 11.9 Å². The first-order valence-corrected chi connectivity index (χ1v) is 6.15. The van der Waals surface area contributed by atoms with Gasteiger partial charge in [0.1, 0.15) is 5.82 Å². The van der Waals surface area contributed by atoms with Crippen LogP contribution < -0.4 is 16.5 Å². The minimum atomic E-state index is -0.626. The Morgan fingerprint density at radius 1 is 1.24 bits per heavy atom. The summed E-state index contributed by atoms with van der Waals surface area (Å²) in [5.74, 6) is -0.282. The quantitative estimate of drug-likeness (QED) is 0.610. The summed E-state index contributed by atoms with van der Waals surface area (Å²) in [4.78, 5) is 28.4. The summed E-state index contributed by atoms with van der Waals surface area (Å²) in [7, 11) is 0. The van der Waals surface area contributed by atoms with E-state index in [-0.39, 0.29) is 5.69 Å². The van der Waals surface area contributed by atoms with E-state index in [2.05, 4.69) is 20.5 Å². The van der Waals surface area contributed by atoms with Gasteiger partial charge >= 0.3 is 0 Å². The molecule has 0 atom stereocenters. The molecule has 3 aromatic rings. The van der Waals surface area contributed by atoms with Gasteiger partial charge in [-0.2, -0.15) is 5.10 Å². The normalized spacial score (nSPS) is 10.5. The standard InChI is InChI=1S/C14H11N5O2/c15-8-4-5-10-9(7-8)13(20)12(19-18-10)14(21)17-11-3-1-2-6-16-11/h1-7H,15H2,(H,18,20)(H,16,17,21). The molecule has 0 aliphatic carbocycles. The Morgan fingerprint density at radius 2 is 2.10 bits per heavy atom. The molecule has 1 aromatic carbocycles. The number of H-pyrrole nitrogens is 1. The molecule has 2 heterocycles. The van der Waals surface area contributed by atoms with Crippen LogP contribution in [0.1, 0.15) is 10.5 Å². The van der Waals surface area contributed by atoms with E-state index in [9.17, 15) is 9.59 Å². The van der Waals surface area contributed by atoms with E-state index in [1.165, 1.54) is 12.3 Å². The summed E-state index contributed by atoms with van der Waals surface area (Å²) in [6.45, 7) is 0. The molecule has 4 N–H and O–H groups in total. The predicted octanol–water partition coefficient (Wildman–Crippen LogP) is 1.15. The lowest BCUT2D eigenvalue weighted by atomic mass is 10.2. The number of nitrogens with zero attached hydrogens (tertiary/aromatic N) is 2. The van der Waals surface area contributed by atoms with Crippen LogP contribution in [0.3, 0.4) is 0 Å². The van der Waals surface area contributed by atoms with Crippen LogP contribution in [0.4, 0.5) is 11.5 Å². The SMILES string of the molecule is Nc1ccc2[nH]nc(C(=O)Nc3ccccn3)c(=O)c2c1. The highest BCUT2D eigenvalue weighted by molar-refractivity contribution is 6.03. The molecule has 3 rings (SSSR count). The van der Waals surface area contributed by atoms with Crippen molar-refractivity contribution in [1.82, 2.24) is 15.2 Å². The van der Waals surface area contributed by atoms with Gasteiger partial charge in [0.05, 0.1) is 10.9 Å². The van der Waals surface area contributed by atoms with Gasteiger partial charge < -0.3 is 11.1 Å². The van der Waals surface area contributed by atoms with Crippen molar-refractivity contribution in [3.8, 4) is 0 Å². The largest absolute Gasteiger partial charge is 0.399 e. The molecule has 0 aliphatic rings. The second kappa shape index (κ2) is 5.04. The smallest absolute Gasteiger partial charge is 0.281 e. The fourth-order valence-electron chi connectivity index (χ4n) is 1.91. The Hall–Kier alpha value is -3.22. The molecule has 0 unspecified atom stereocenters. The summed E-state index contributed by atoms with van der Waals surface area (Å²) in [5, 5.41) is 9.31. The van der Waals surface area contributed by atoms with Crippen molar-refractivity contribution in [1.29, 1.82) is 0 Å². The maximum absolute atomic E-state index is 12.3. The molecule has 7 nitrogen and oxygen atoms in total. The number of hydrogen-bond acceptors (Lipinski definition) is 5. The maximum Gasteiger partial charge on any atom is 0.281 e. The highest BCUT2D eigenvalue weighted by Gasteiger charge is 2.15. The molecular weight excluding hydrogens is 270 g/mol. The molecule has 0 saturated carbocycles. The van der Waals surface area contributed by atoms with Gasteiger partial charge in [0.15, 0.2) is 5.69 Å².